The van der Waals surface area contributed by atoms with Crippen molar-refractivity contribution in [1.82, 2.24) is 5.32 Å². The van der Waals surface area contributed by atoms with Crippen molar-refractivity contribution in [2.75, 3.05) is 7.11 Å². The van der Waals surface area contributed by atoms with Gasteiger partial charge in [0.25, 0.3) is 5.91 Å². The van der Waals surface area contributed by atoms with Crippen molar-refractivity contribution in [3.05, 3.63) is 23.8 Å². The first-order chi connectivity index (χ1) is 8.61. The molecule has 18 heavy (non-hydrogen) atoms. The first kappa shape index (κ1) is 12.7. The first-order valence-corrected chi connectivity index (χ1v) is 5.96. The zero-order chi connectivity index (χ0) is 13.1. The summed E-state index contributed by atoms with van der Waals surface area (Å²) in [5.74, 6) is -0.880. The molecule has 1 saturated carbocycles. The molecule has 2 unspecified atom stereocenters. The standard InChI is InChI=1S/C13H17NO4/c1-18-9-6-5-8(7-9)14-13(17)12-10(15)3-2-4-11(12)16/h2-4,8-9,15-16H,5-7H2,1H3,(H,14,17). The smallest absolute Gasteiger partial charge is 0.259 e. The number of nitrogens with one attached hydrogen (secondary N) is 1. The topological polar surface area (TPSA) is 78.8 Å². The van der Waals surface area contributed by atoms with E-state index in [9.17, 15) is 15.0 Å². The van der Waals surface area contributed by atoms with Crippen molar-refractivity contribution >= 4 is 5.91 Å². The molecule has 5 nitrogen and oxygen atoms in total. The SMILES string of the molecule is COC1CCC(NC(=O)c2c(O)cccc2O)C1. The van der Waals surface area contributed by atoms with Gasteiger partial charge in [0.2, 0.25) is 0 Å². The molecular formula is C13H17NO4. The number of hydrogen-bond acceptors (Lipinski definition) is 4. The van der Waals surface area contributed by atoms with Gasteiger partial charge >= 0.3 is 0 Å². The van der Waals surface area contributed by atoms with Crippen LogP contribution in [-0.2, 0) is 4.74 Å². The Morgan fingerprint density at radius 1 is 1.33 bits per heavy atom. The third-order valence-corrected chi connectivity index (χ3v) is 3.30. The summed E-state index contributed by atoms with van der Waals surface area (Å²) in [4.78, 5) is 12.0. The summed E-state index contributed by atoms with van der Waals surface area (Å²) < 4.78 is 5.23. The van der Waals surface area contributed by atoms with E-state index >= 15 is 0 Å². The van der Waals surface area contributed by atoms with E-state index < -0.39 is 5.91 Å². The van der Waals surface area contributed by atoms with Gasteiger partial charge in [-0.05, 0) is 31.4 Å². The van der Waals surface area contributed by atoms with Crippen molar-refractivity contribution in [2.45, 2.75) is 31.4 Å². The minimum atomic E-state index is -0.452. The highest BCUT2D eigenvalue weighted by molar-refractivity contribution is 5.99. The summed E-state index contributed by atoms with van der Waals surface area (Å²) in [6.07, 6.45) is 2.69. The Morgan fingerprint density at radius 2 is 2.00 bits per heavy atom. The second-order valence-electron chi connectivity index (χ2n) is 4.51. The number of aromatic hydroxyl groups is 2. The molecule has 5 heteroatoms. The summed E-state index contributed by atoms with van der Waals surface area (Å²) >= 11 is 0. The van der Waals surface area contributed by atoms with Crippen molar-refractivity contribution in [2.24, 2.45) is 0 Å². The predicted molar refractivity (Wildman–Crippen MR) is 65.7 cm³/mol. The molecule has 2 atom stereocenters. The predicted octanol–water partition coefficient (Wildman–Crippen LogP) is 1.40. The molecule has 1 aliphatic carbocycles. The van der Waals surface area contributed by atoms with Gasteiger partial charge in [0, 0.05) is 13.2 Å². The molecule has 0 aromatic heterocycles. The molecular weight excluding hydrogens is 234 g/mol. The lowest BCUT2D eigenvalue weighted by atomic mass is 10.1. The van der Waals surface area contributed by atoms with Gasteiger partial charge in [0.05, 0.1) is 6.10 Å². The fourth-order valence-electron chi connectivity index (χ4n) is 2.30. The maximum absolute atomic E-state index is 12.0. The van der Waals surface area contributed by atoms with Crippen LogP contribution in [0.2, 0.25) is 0 Å². The molecule has 2 rings (SSSR count). The summed E-state index contributed by atoms with van der Waals surface area (Å²) in [5.41, 5.74) is -0.0710. The van der Waals surface area contributed by atoms with Crippen LogP contribution in [-0.4, -0.2) is 35.4 Å². The lowest BCUT2D eigenvalue weighted by Gasteiger charge is -2.14. The normalized spacial score (nSPS) is 22.9. The first-order valence-electron chi connectivity index (χ1n) is 5.96. The molecule has 0 bridgehead atoms. The van der Waals surface area contributed by atoms with E-state index in [4.69, 9.17) is 4.74 Å². The molecule has 1 fully saturated rings. The van der Waals surface area contributed by atoms with Gasteiger partial charge in [0.1, 0.15) is 17.1 Å². The van der Waals surface area contributed by atoms with Crippen LogP contribution in [0, 0.1) is 0 Å². The lowest BCUT2D eigenvalue weighted by molar-refractivity contribution is 0.0910. The molecule has 0 radical (unpaired) electrons. The van der Waals surface area contributed by atoms with Crippen LogP contribution in [0.4, 0.5) is 0 Å². The van der Waals surface area contributed by atoms with Gasteiger partial charge in [0.15, 0.2) is 0 Å². The molecule has 1 amide bonds. The number of phenolic OH excluding ortho intramolecular Hbond substituents is 2. The summed E-state index contributed by atoms with van der Waals surface area (Å²) in [6.45, 7) is 0. The number of benzene rings is 1. The number of rotatable bonds is 3. The third-order valence-electron chi connectivity index (χ3n) is 3.30. The van der Waals surface area contributed by atoms with Crippen molar-refractivity contribution in [3.8, 4) is 11.5 Å². The highest BCUT2D eigenvalue weighted by Gasteiger charge is 2.27. The van der Waals surface area contributed by atoms with Crippen LogP contribution in [0.25, 0.3) is 0 Å². The Kier molecular flexibility index (Phi) is 3.72. The van der Waals surface area contributed by atoms with E-state index in [1.54, 1.807) is 7.11 Å². The van der Waals surface area contributed by atoms with E-state index in [0.717, 1.165) is 19.3 Å². The number of carbonyl (C=O) groups is 1. The quantitative estimate of drug-likeness (QED) is 0.758. The fraction of sp³-hybridized carbons (Fsp3) is 0.462. The summed E-state index contributed by atoms with van der Waals surface area (Å²) in [5, 5.41) is 22.0. The van der Waals surface area contributed by atoms with E-state index in [0.29, 0.717) is 0 Å². The van der Waals surface area contributed by atoms with Gasteiger partial charge in [-0.15, -0.1) is 0 Å². The van der Waals surface area contributed by atoms with Crippen molar-refractivity contribution < 1.29 is 19.7 Å². The molecule has 0 heterocycles. The van der Waals surface area contributed by atoms with Gasteiger partial charge in [-0.25, -0.2) is 0 Å². The number of methoxy groups -OCH3 is 1. The van der Waals surface area contributed by atoms with Gasteiger partial charge < -0.3 is 20.3 Å². The van der Waals surface area contributed by atoms with Crippen LogP contribution in [0.3, 0.4) is 0 Å². The van der Waals surface area contributed by atoms with Crippen molar-refractivity contribution in [1.29, 1.82) is 0 Å². The molecule has 1 aromatic carbocycles. The van der Waals surface area contributed by atoms with Crippen LogP contribution < -0.4 is 5.32 Å². The average molecular weight is 251 g/mol. The van der Waals surface area contributed by atoms with Gasteiger partial charge in [-0.3, -0.25) is 4.79 Å². The zero-order valence-corrected chi connectivity index (χ0v) is 10.2. The second-order valence-corrected chi connectivity index (χ2v) is 4.51. The van der Waals surface area contributed by atoms with Gasteiger partial charge in [-0.1, -0.05) is 6.07 Å². The molecule has 1 aliphatic rings. The molecule has 98 valence electrons. The van der Waals surface area contributed by atoms with E-state index in [-0.39, 0.29) is 29.2 Å². The maximum Gasteiger partial charge on any atom is 0.259 e. The zero-order valence-electron chi connectivity index (χ0n) is 10.2. The minimum Gasteiger partial charge on any atom is -0.507 e. The summed E-state index contributed by atoms with van der Waals surface area (Å²) in [6, 6.07) is 4.27. The molecule has 3 N–H and O–H groups in total. The number of ether oxygens (including phenoxy) is 1. The Morgan fingerprint density at radius 3 is 2.56 bits per heavy atom. The number of phenols is 2. The highest BCUT2D eigenvalue weighted by Crippen LogP contribution is 2.27. The fourth-order valence-corrected chi connectivity index (χ4v) is 2.30. The van der Waals surface area contributed by atoms with Crippen molar-refractivity contribution in [3.63, 3.8) is 0 Å². The Labute approximate surface area is 105 Å². The molecule has 0 saturated heterocycles. The lowest BCUT2D eigenvalue weighted by Crippen LogP contribution is -2.33. The van der Waals surface area contributed by atoms with E-state index in [1.807, 2.05) is 0 Å². The van der Waals surface area contributed by atoms with Crippen LogP contribution in [0.1, 0.15) is 29.6 Å². The molecule has 1 aromatic rings. The number of carbonyl (C=O) groups excluding carboxylic acids is 1. The number of hydrogen-bond donors (Lipinski definition) is 3. The Balaban J connectivity index is 2.04. The maximum atomic E-state index is 12.0. The minimum absolute atomic E-state index is 0.0291. The third kappa shape index (κ3) is 2.56. The van der Waals surface area contributed by atoms with Crippen LogP contribution in [0.5, 0.6) is 11.5 Å². The highest BCUT2D eigenvalue weighted by atomic mass is 16.5. The van der Waals surface area contributed by atoms with E-state index in [1.165, 1.54) is 18.2 Å². The second kappa shape index (κ2) is 5.27. The van der Waals surface area contributed by atoms with Gasteiger partial charge in [-0.2, -0.15) is 0 Å². The molecule has 0 aliphatic heterocycles. The monoisotopic (exact) mass is 251 g/mol. The van der Waals surface area contributed by atoms with Crippen LogP contribution in [0.15, 0.2) is 18.2 Å². The number of amides is 1. The largest absolute Gasteiger partial charge is 0.507 e. The Bertz CT molecular complexity index is 426. The molecule has 0 spiro atoms. The van der Waals surface area contributed by atoms with Crippen LogP contribution >= 0.6 is 0 Å². The van der Waals surface area contributed by atoms with E-state index in [2.05, 4.69) is 5.32 Å². The Hall–Kier alpha value is -1.75. The average Bonchev–Trinajstić information content (AvgIpc) is 2.76. The summed E-state index contributed by atoms with van der Waals surface area (Å²) in [7, 11) is 1.66.